The van der Waals surface area contributed by atoms with Gasteiger partial charge in [0.15, 0.2) is 0 Å². The molecule has 6 unspecified atom stereocenters. The minimum Gasteiger partial charge on any atom is -0.481 e. The first-order valence-corrected chi connectivity index (χ1v) is 23.7. The normalized spacial score (nSPS) is 35.1. The van der Waals surface area contributed by atoms with Crippen molar-refractivity contribution >= 4 is 17.9 Å². The largest absolute Gasteiger partial charge is 0.481 e. The average Bonchev–Trinajstić information content (AvgIpc) is 3.21. The van der Waals surface area contributed by atoms with E-state index in [1.807, 2.05) is 0 Å². The molecule has 0 aromatic rings. The molecule has 0 bridgehead atoms. The van der Waals surface area contributed by atoms with E-state index in [4.69, 9.17) is 24.0 Å². The van der Waals surface area contributed by atoms with Gasteiger partial charge in [0, 0.05) is 5.41 Å². The summed E-state index contributed by atoms with van der Waals surface area (Å²) in [5, 5.41) is 20.0. The van der Waals surface area contributed by atoms with Crippen molar-refractivity contribution in [3.63, 3.8) is 0 Å². The van der Waals surface area contributed by atoms with Crippen LogP contribution in [-0.2, 0) is 38.4 Å². The quantitative estimate of drug-likeness (QED) is 0.0782. The van der Waals surface area contributed by atoms with Crippen LogP contribution in [0, 0.1) is 52.8 Å². The summed E-state index contributed by atoms with van der Waals surface area (Å²) in [7, 11) is 0. The first-order chi connectivity index (χ1) is 27.5. The lowest BCUT2D eigenvalue weighted by Crippen LogP contribution is -2.39. The molecule has 6 saturated carbocycles. The fourth-order valence-corrected chi connectivity index (χ4v) is 11.7. The highest BCUT2D eigenvalue weighted by Crippen LogP contribution is 2.42. The second kappa shape index (κ2) is 22.2. The van der Waals surface area contributed by atoms with E-state index < -0.39 is 23.8 Å². The third-order valence-electron chi connectivity index (χ3n) is 15.2. The predicted molar refractivity (Wildman–Crippen MR) is 217 cm³/mol. The highest BCUT2D eigenvalue weighted by molar-refractivity contribution is 5.81. The summed E-state index contributed by atoms with van der Waals surface area (Å²) in [6.45, 7) is 5.93. The van der Waals surface area contributed by atoms with E-state index in [0.29, 0.717) is 44.5 Å². The Morgan fingerprint density at radius 3 is 1.51 bits per heavy atom. The molecular formula is C47H78O10. The van der Waals surface area contributed by atoms with Gasteiger partial charge >= 0.3 is 17.9 Å². The Bertz CT molecular complexity index is 1230. The van der Waals surface area contributed by atoms with E-state index in [2.05, 4.69) is 13.8 Å². The van der Waals surface area contributed by atoms with E-state index in [-0.39, 0.29) is 47.6 Å². The van der Waals surface area contributed by atoms with Gasteiger partial charge in [0.05, 0.1) is 55.9 Å². The molecule has 6 atom stereocenters. The van der Waals surface area contributed by atoms with Crippen LogP contribution in [0.25, 0.3) is 0 Å². The van der Waals surface area contributed by atoms with Crippen LogP contribution in [-0.4, -0.2) is 72.4 Å². The van der Waals surface area contributed by atoms with Gasteiger partial charge in [0.2, 0.25) is 0 Å². The molecule has 6 fully saturated rings. The van der Waals surface area contributed by atoms with Crippen LogP contribution in [0.15, 0.2) is 0 Å². The molecule has 0 aliphatic heterocycles. The SMILES string of the molecule is CC(C)(COC1CCC(OOCC2CCC(CC3CCCCC3)CC2C(=O)O)CC1)COC1CCC(OC(=O)C2CCC(CC3CCCCC3)CC2C(=O)O)CC1. The van der Waals surface area contributed by atoms with Crippen molar-refractivity contribution in [1.82, 2.24) is 0 Å². The Morgan fingerprint density at radius 2 is 0.982 bits per heavy atom. The van der Waals surface area contributed by atoms with E-state index in [0.717, 1.165) is 95.3 Å². The molecule has 326 valence electrons. The van der Waals surface area contributed by atoms with Crippen molar-refractivity contribution in [2.24, 2.45) is 52.8 Å². The van der Waals surface area contributed by atoms with Crippen LogP contribution in [0.5, 0.6) is 0 Å². The fourth-order valence-electron chi connectivity index (χ4n) is 11.7. The zero-order chi connectivity index (χ0) is 40.2. The van der Waals surface area contributed by atoms with Gasteiger partial charge in [-0.05, 0) is 126 Å². The van der Waals surface area contributed by atoms with E-state index in [1.165, 1.54) is 70.6 Å². The number of hydrogen-bond acceptors (Lipinski definition) is 8. The summed E-state index contributed by atoms with van der Waals surface area (Å²) in [6.07, 6.45) is 27.3. The number of hydrogen-bond donors (Lipinski definition) is 2. The van der Waals surface area contributed by atoms with E-state index >= 15 is 0 Å². The predicted octanol–water partition coefficient (Wildman–Crippen LogP) is 10.3. The minimum absolute atomic E-state index is 0.0189. The van der Waals surface area contributed by atoms with Gasteiger partial charge in [-0.3, -0.25) is 14.4 Å². The van der Waals surface area contributed by atoms with Gasteiger partial charge in [-0.15, -0.1) is 0 Å². The highest BCUT2D eigenvalue weighted by Gasteiger charge is 2.42. The molecule has 10 nitrogen and oxygen atoms in total. The molecule has 2 N–H and O–H groups in total. The van der Waals surface area contributed by atoms with Crippen molar-refractivity contribution in [2.45, 2.75) is 205 Å². The van der Waals surface area contributed by atoms with Crippen LogP contribution < -0.4 is 0 Å². The van der Waals surface area contributed by atoms with Gasteiger partial charge in [-0.25, -0.2) is 9.78 Å². The Balaban J connectivity index is 0.809. The number of esters is 1. The zero-order valence-corrected chi connectivity index (χ0v) is 35.6. The summed E-state index contributed by atoms with van der Waals surface area (Å²) in [4.78, 5) is 49.3. The maximum absolute atomic E-state index is 13.3. The van der Waals surface area contributed by atoms with Crippen LogP contribution in [0.4, 0.5) is 0 Å². The van der Waals surface area contributed by atoms with Gasteiger partial charge < -0.3 is 24.4 Å². The summed E-state index contributed by atoms with van der Waals surface area (Å²) in [5.41, 5.74) is -0.141. The summed E-state index contributed by atoms with van der Waals surface area (Å²) < 4.78 is 18.7. The number of carboxylic acid groups (broad SMARTS) is 2. The number of rotatable bonds is 18. The number of aliphatic carboxylic acids is 2. The lowest BCUT2D eigenvalue weighted by atomic mass is 9.70. The topological polar surface area (TPSA) is 138 Å². The van der Waals surface area contributed by atoms with Crippen molar-refractivity contribution < 1.29 is 48.6 Å². The lowest BCUT2D eigenvalue weighted by Gasteiger charge is -2.36. The summed E-state index contributed by atoms with van der Waals surface area (Å²) >= 11 is 0. The van der Waals surface area contributed by atoms with Gasteiger partial charge in [-0.2, -0.15) is 0 Å². The molecule has 0 aromatic heterocycles. The third kappa shape index (κ3) is 14.2. The van der Waals surface area contributed by atoms with Crippen molar-refractivity contribution in [1.29, 1.82) is 0 Å². The first-order valence-electron chi connectivity index (χ1n) is 23.7. The minimum atomic E-state index is -0.846. The molecule has 0 spiro atoms. The molecule has 10 heteroatoms. The summed E-state index contributed by atoms with van der Waals surface area (Å²) in [5.74, 6) is -0.850. The first kappa shape index (κ1) is 44.8. The zero-order valence-electron chi connectivity index (χ0n) is 35.6. The highest BCUT2D eigenvalue weighted by atomic mass is 17.2. The smallest absolute Gasteiger partial charge is 0.310 e. The number of ether oxygens (including phenoxy) is 3. The molecule has 0 heterocycles. The second-order valence-electron chi connectivity index (χ2n) is 20.5. The van der Waals surface area contributed by atoms with Crippen LogP contribution >= 0.6 is 0 Å². The molecule has 6 aliphatic rings. The van der Waals surface area contributed by atoms with E-state index in [9.17, 15) is 24.6 Å². The molecule has 57 heavy (non-hydrogen) atoms. The number of carbonyl (C=O) groups excluding carboxylic acids is 1. The molecule has 0 saturated heterocycles. The van der Waals surface area contributed by atoms with Crippen molar-refractivity contribution in [3.8, 4) is 0 Å². The Hall–Kier alpha value is -1.75. The van der Waals surface area contributed by atoms with Crippen LogP contribution in [0.3, 0.4) is 0 Å². The Morgan fingerprint density at radius 1 is 0.509 bits per heavy atom. The average molecular weight is 803 g/mol. The van der Waals surface area contributed by atoms with Crippen molar-refractivity contribution in [2.75, 3.05) is 19.8 Å². The van der Waals surface area contributed by atoms with Gasteiger partial charge in [0.25, 0.3) is 0 Å². The van der Waals surface area contributed by atoms with E-state index in [1.54, 1.807) is 0 Å². The van der Waals surface area contributed by atoms with Gasteiger partial charge in [-0.1, -0.05) is 84.5 Å². The molecule has 6 rings (SSSR count). The third-order valence-corrected chi connectivity index (χ3v) is 15.2. The second-order valence-corrected chi connectivity index (χ2v) is 20.5. The maximum Gasteiger partial charge on any atom is 0.310 e. The molecule has 6 aliphatic carbocycles. The van der Waals surface area contributed by atoms with Crippen LogP contribution in [0.2, 0.25) is 0 Å². The Kier molecular flexibility index (Phi) is 17.4. The summed E-state index contributed by atoms with van der Waals surface area (Å²) in [6, 6.07) is 0. The number of carbonyl (C=O) groups is 3. The monoisotopic (exact) mass is 803 g/mol. The molecule has 0 aromatic carbocycles. The molecular weight excluding hydrogens is 725 g/mol. The van der Waals surface area contributed by atoms with Crippen LogP contribution in [0.1, 0.15) is 181 Å². The van der Waals surface area contributed by atoms with Crippen molar-refractivity contribution in [3.05, 3.63) is 0 Å². The lowest BCUT2D eigenvalue weighted by molar-refractivity contribution is -0.338. The fraction of sp³-hybridized carbons (Fsp3) is 0.936. The molecule has 0 radical (unpaired) electrons. The molecule has 0 amide bonds. The standard InChI is InChI=1S/C47H78O10/c1-47(2,30-53-37-16-20-39(21-17-37)56-46(52)41-24-14-35(28-43(41)45(50)51)26-33-11-7-4-8-12-33)31-54-38-18-22-40(23-19-38)57-55-29-36-15-13-34(27-42(36)44(48)49)25-32-9-5-3-6-10-32/h32-43H,3-31H2,1-2H3,(H,48,49)(H,50,51). The van der Waals surface area contributed by atoms with Gasteiger partial charge in [0.1, 0.15) is 6.10 Å². The maximum atomic E-state index is 13.3. The Labute approximate surface area is 343 Å². The number of carboxylic acids is 2.